The molecule has 2 rings (SSSR count). The number of phenols is 1. The van der Waals surface area contributed by atoms with Gasteiger partial charge < -0.3 is 15.2 Å². The summed E-state index contributed by atoms with van der Waals surface area (Å²) in [5.41, 5.74) is 0.974. The van der Waals surface area contributed by atoms with Gasteiger partial charge in [0.15, 0.2) is 0 Å². The maximum atomic E-state index is 9.82. The molecule has 1 aliphatic carbocycles. The molecule has 100 valence electrons. The van der Waals surface area contributed by atoms with E-state index in [9.17, 15) is 5.11 Å². The fraction of sp³-hybridized carbons (Fsp3) is 0.600. The van der Waals surface area contributed by atoms with Gasteiger partial charge >= 0.3 is 0 Å². The van der Waals surface area contributed by atoms with Crippen LogP contribution in [-0.4, -0.2) is 24.9 Å². The zero-order valence-corrected chi connectivity index (χ0v) is 11.1. The standard InChI is InChI=1S/C15H23NO2/c1-2-14(13-5-3-4-6-15(13)17)16-9-10-18-11-12-7-8-12/h3-6,12,14,16-17H,2,7-11H2,1H3. The van der Waals surface area contributed by atoms with E-state index in [1.807, 2.05) is 18.2 Å². The summed E-state index contributed by atoms with van der Waals surface area (Å²) in [6, 6.07) is 7.73. The van der Waals surface area contributed by atoms with Crippen LogP contribution >= 0.6 is 0 Å². The molecule has 1 fully saturated rings. The van der Waals surface area contributed by atoms with Gasteiger partial charge in [-0.25, -0.2) is 0 Å². The molecule has 0 aliphatic heterocycles. The number of hydrogen-bond acceptors (Lipinski definition) is 3. The van der Waals surface area contributed by atoms with Gasteiger partial charge in [0.25, 0.3) is 0 Å². The predicted octanol–water partition coefficient (Wildman–Crippen LogP) is 2.86. The number of phenolic OH excluding ortho intramolecular Hbond substituents is 1. The van der Waals surface area contributed by atoms with Crippen molar-refractivity contribution in [1.29, 1.82) is 0 Å². The molecule has 2 N–H and O–H groups in total. The largest absolute Gasteiger partial charge is 0.508 e. The third-order valence-electron chi connectivity index (χ3n) is 3.41. The van der Waals surface area contributed by atoms with E-state index in [4.69, 9.17) is 4.74 Å². The first kappa shape index (κ1) is 13.4. The van der Waals surface area contributed by atoms with Crippen LogP contribution in [0, 0.1) is 5.92 Å². The highest BCUT2D eigenvalue weighted by Crippen LogP contribution is 2.28. The molecule has 0 bridgehead atoms. The van der Waals surface area contributed by atoms with Crippen molar-refractivity contribution in [3.05, 3.63) is 29.8 Å². The number of hydrogen-bond donors (Lipinski definition) is 2. The van der Waals surface area contributed by atoms with Gasteiger partial charge in [0.1, 0.15) is 5.75 Å². The topological polar surface area (TPSA) is 41.5 Å². The molecule has 1 aliphatic rings. The van der Waals surface area contributed by atoms with Gasteiger partial charge in [0.05, 0.1) is 6.61 Å². The lowest BCUT2D eigenvalue weighted by Crippen LogP contribution is -2.25. The average Bonchev–Trinajstić information content (AvgIpc) is 3.19. The molecule has 0 aromatic heterocycles. The molecule has 1 atom stereocenters. The summed E-state index contributed by atoms with van der Waals surface area (Å²) in [6.07, 6.45) is 3.63. The first-order valence-electron chi connectivity index (χ1n) is 6.90. The van der Waals surface area contributed by atoms with E-state index in [1.165, 1.54) is 12.8 Å². The van der Waals surface area contributed by atoms with Crippen LogP contribution in [0.15, 0.2) is 24.3 Å². The fourth-order valence-electron chi connectivity index (χ4n) is 2.10. The maximum absolute atomic E-state index is 9.82. The summed E-state index contributed by atoms with van der Waals surface area (Å²) in [5, 5.41) is 13.3. The van der Waals surface area contributed by atoms with Crippen molar-refractivity contribution < 1.29 is 9.84 Å². The van der Waals surface area contributed by atoms with Crippen LogP contribution in [-0.2, 0) is 4.74 Å². The van der Waals surface area contributed by atoms with E-state index in [2.05, 4.69) is 12.2 Å². The van der Waals surface area contributed by atoms with Crippen LogP contribution in [0.1, 0.15) is 37.8 Å². The molecule has 3 heteroatoms. The molecule has 0 amide bonds. The molecule has 0 heterocycles. The molecule has 1 aromatic rings. The summed E-state index contributed by atoms with van der Waals surface area (Å²) in [4.78, 5) is 0. The Hall–Kier alpha value is -1.06. The quantitative estimate of drug-likeness (QED) is 0.696. The zero-order chi connectivity index (χ0) is 12.8. The van der Waals surface area contributed by atoms with Gasteiger partial charge in [-0.05, 0) is 31.2 Å². The lowest BCUT2D eigenvalue weighted by Gasteiger charge is -2.18. The molecular weight excluding hydrogens is 226 g/mol. The first-order valence-corrected chi connectivity index (χ1v) is 6.90. The van der Waals surface area contributed by atoms with E-state index >= 15 is 0 Å². The second-order valence-electron chi connectivity index (χ2n) is 4.99. The Morgan fingerprint density at radius 1 is 1.39 bits per heavy atom. The molecular formula is C15H23NO2. The van der Waals surface area contributed by atoms with Crippen molar-refractivity contribution in [2.75, 3.05) is 19.8 Å². The Kier molecular flexibility index (Phi) is 5.02. The average molecular weight is 249 g/mol. The summed E-state index contributed by atoms with van der Waals surface area (Å²) in [6.45, 7) is 4.62. The first-order chi connectivity index (χ1) is 8.81. The van der Waals surface area contributed by atoms with Gasteiger partial charge in [-0.1, -0.05) is 25.1 Å². The number of aromatic hydroxyl groups is 1. The Balaban J connectivity index is 1.72. The van der Waals surface area contributed by atoms with E-state index in [-0.39, 0.29) is 6.04 Å². The van der Waals surface area contributed by atoms with Crippen LogP contribution < -0.4 is 5.32 Å². The second-order valence-corrected chi connectivity index (χ2v) is 4.99. The Morgan fingerprint density at radius 2 is 2.17 bits per heavy atom. The summed E-state index contributed by atoms with van der Waals surface area (Å²) in [7, 11) is 0. The Bertz CT molecular complexity index is 363. The number of rotatable bonds is 8. The third kappa shape index (κ3) is 4.00. The minimum Gasteiger partial charge on any atom is -0.508 e. The molecule has 0 spiro atoms. The van der Waals surface area contributed by atoms with Crippen molar-refractivity contribution in [3.63, 3.8) is 0 Å². The van der Waals surface area contributed by atoms with E-state index in [0.29, 0.717) is 5.75 Å². The van der Waals surface area contributed by atoms with Crippen molar-refractivity contribution in [2.45, 2.75) is 32.2 Å². The monoisotopic (exact) mass is 249 g/mol. The third-order valence-corrected chi connectivity index (χ3v) is 3.41. The summed E-state index contributed by atoms with van der Waals surface area (Å²) < 4.78 is 5.59. The van der Waals surface area contributed by atoms with Gasteiger partial charge in [-0.2, -0.15) is 0 Å². The highest BCUT2D eigenvalue weighted by Gasteiger charge is 2.21. The van der Waals surface area contributed by atoms with Crippen LogP contribution in [0.5, 0.6) is 5.75 Å². The smallest absolute Gasteiger partial charge is 0.120 e. The Morgan fingerprint density at radius 3 is 2.83 bits per heavy atom. The van der Waals surface area contributed by atoms with Gasteiger partial charge in [-0.3, -0.25) is 0 Å². The minimum absolute atomic E-state index is 0.204. The molecule has 1 saturated carbocycles. The Labute approximate surface area is 109 Å². The summed E-state index contributed by atoms with van der Waals surface area (Å²) >= 11 is 0. The van der Waals surface area contributed by atoms with Crippen LogP contribution in [0.4, 0.5) is 0 Å². The fourth-order valence-corrected chi connectivity index (χ4v) is 2.10. The lowest BCUT2D eigenvalue weighted by atomic mass is 10.0. The molecule has 3 nitrogen and oxygen atoms in total. The van der Waals surface area contributed by atoms with Crippen molar-refractivity contribution >= 4 is 0 Å². The normalized spacial score (nSPS) is 16.7. The van der Waals surface area contributed by atoms with Crippen LogP contribution in [0.2, 0.25) is 0 Å². The van der Waals surface area contributed by atoms with Crippen molar-refractivity contribution in [2.24, 2.45) is 5.92 Å². The second kappa shape index (κ2) is 6.76. The highest BCUT2D eigenvalue weighted by atomic mass is 16.5. The van der Waals surface area contributed by atoms with Crippen LogP contribution in [0.25, 0.3) is 0 Å². The SMILES string of the molecule is CCC(NCCOCC1CC1)c1ccccc1O. The maximum Gasteiger partial charge on any atom is 0.120 e. The number of nitrogens with one attached hydrogen (secondary N) is 1. The molecule has 18 heavy (non-hydrogen) atoms. The zero-order valence-electron chi connectivity index (χ0n) is 11.1. The van der Waals surface area contributed by atoms with Crippen molar-refractivity contribution in [3.8, 4) is 5.75 Å². The van der Waals surface area contributed by atoms with E-state index in [1.54, 1.807) is 6.07 Å². The van der Waals surface area contributed by atoms with E-state index < -0.39 is 0 Å². The molecule has 0 radical (unpaired) electrons. The van der Waals surface area contributed by atoms with Gasteiger partial charge in [-0.15, -0.1) is 0 Å². The number of ether oxygens (including phenoxy) is 1. The van der Waals surface area contributed by atoms with E-state index in [0.717, 1.165) is 37.7 Å². The van der Waals surface area contributed by atoms with Gasteiger partial charge in [0.2, 0.25) is 0 Å². The van der Waals surface area contributed by atoms with Gasteiger partial charge in [0, 0.05) is 24.8 Å². The predicted molar refractivity (Wildman–Crippen MR) is 72.7 cm³/mol. The number of para-hydroxylation sites is 1. The number of benzene rings is 1. The molecule has 1 unspecified atom stereocenters. The minimum atomic E-state index is 0.204. The highest BCUT2D eigenvalue weighted by molar-refractivity contribution is 5.34. The molecule has 0 saturated heterocycles. The van der Waals surface area contributed by atoms with Crippen molar-refractivity contribution in [1.82, 2.24) is 5.32 Å². The van der Waals surface area contributed by atoms with Crippen LogP contribution in [0.3, 0.4) is 0 Å². The molecule has 1 aromatic carbocycles. The lowest BCUT2D eigenvalue weighted by molar-refractivity contribution is 0.124. The summed E-state index contributed by atoms with van der Waals surface area (Å²) in [5.74, 6) is 1.20.